The van der Waals surface area contributed by atoms with Crippen molar-refractivity contribution in [3.8, 4) is 0 Å². The van der Waals surface area contributed by atoms with E-state index in [2.05, 4.69) is 10.6 Å². The molecule has 0 radical (unpaired) electrons. The predicted octanol–water partition coefficient (Wildman–Crippen LogP) is 3.60. The van der Waals surface area contributed by atoms with Gasteiger partial charge in [0.05, 0.1) is 0 Å². The number of carbonyl (C=O) groups excluding carboxylic acids is 2. The molecule has 0 spiro atoms. The third-order valence-corrected chi connectivity index (χ3v) is 4.10. The Bertz CT molecular complexity index is 757. The van der Waals surface area contributed by atoms with Crippen LogP contribution in [0.25, 0.3) is 0 Å². The minimum absolute atomic E-state index is 0.244. The Morgan fingerprint density at radius 1 is 1.04 bits per heavy atom. The van der Waals surface area contributed by atoms with Crippen molar-refractivity contribution in [1.82, 2.24) is 10.6 Å². The maximum atomic E-state index is 13.0. The van der Waals surface area contributed by atoms with Gasteiger partial charge in [-0.3, -0.25) is 9.59 Å². The number of carbonyl (C=O) groups is 2. The van der Waals surface area contributed by atoms with Crippen LogP contribution in [0.4, 0.5) is 4.39 Å². The summed E-state index contributed by atoms with van der Waals surface area (Å²) >= 11 is 0. The molecule has 1 atom stereocenters. The molecule has 2 N–H and O–H groups in total. The molecule has 0 bridgehead atoms. The summed E-state index contributed by atoms with van der Waals surface area (Å²) in [6.45, 7) is 6.15. The van der Waals surface area contributed by atoms with Crippen LogP contribution in [-0.4, -0.2) is 17.9 Å². The first-order chi connectivity index (χ1) is 12.4. The number of nitrogens with one attached hydrogen (secondary N) is 2. The molecule has 2 aromatic carbocycles. The zero-order chi connectivity index (χ0) is 19.1. The molecule has 0 aromatic heterocycles. The molecule has 0 aliphatic rings. The van der Waals surface area contributed by atoms with Crippen LogP contribution in [0.5, 0.6) is 0 Å². The van der Waals surface area contributed by atoms with E-state index in [1.807, 2.05) is 32.9 Å². The topological polar surface area (TPSA) is 58.2 Å². The molecule has 0 saturated carbocycles. The minimum atomic E-state index is -0.623. The third-order valence-electron chi connectivity index (χ3n) is 4.10. The standard InChI is InChI=1S/C21H25FN2O2/c1-14(2)12-19(24-20(25)18-7-5-4-6-15(18)3)21(26)23-13-16-8-10-17(22)11-9-16/h4-11,14,19H,12-13H2,1-3H3,(H,23,26)(H,24,25). The van der Waals surface area contributed by atoms with E-state index >= 15 is 0 Å². The maximum Gasteiger partial charge on any atom is 0.252 e. The Morgan fingerprint density at radius 3 is 2.31 bits per heavy atom. The van der Waals surface area contributed by atoms with Crippen molar-refractivity contribution < 1.29 is 14.0 Å². The Morgan fingerprint density at radius 2 is 1.69 bits per heavy atom. The van der Waals surface area contributed by atoms with E-state index in [1.165, 1.54) is 12.1 Å². The van der Waals surface area contributed by atoms with E-state index in [9.17, 15) is 14.0 Å². The first-order valence-corrected chi connectivity index (χ1v) is 8.75. The molecule has 0 saturated heterocycles. The van der Waals surface area contributed by atoms with Gasteiger partial charge in [-0.1, -0.05) is 44.2 Å². The van der Waals surface area contributed by atoms with Crippen molar-refractivity contribution in [2.75, 3.05) is 0 Å². The summed E-state index contributed by atoms with van der Waals surface area (Å²) in [5.41, 5.74) is 2.22. The molecule has 0 fully saturated rings. The smallest absolute Gasteiger partial charge is 0.252 e. The van der Waals surface area contributed by atoms with E-state index in [4.69, 9.17) is 0 Å². The van der Waals surface area contributed by atoms with Crippen LogP contribution in [0.2, 0.25) is 0 Å². The molecular formula is C21H25FN2O2. The van der Waals surface area contributed by atoms with Gasteiger partial charge in [-0.2, -0.15) is 0 Å². The minimum Gasteiger partial charge on any atom is -0.350 e. The highest BCUT2D eigenvalue weighted by Gasteiger charge is 2.22. The summed E-state index contributed by atoms with van der Waals surface area (Å²) in [4.78, 5) is 25.1. The van der Waals surface area contributed by atoms with Crippen molar-refractivity contribution in [3.05, 3.63) is 71.0 Å². The summed E-state index contributed by atoms with van der Waals surface area (Å²) in [6.07, 6.45) is 0.535. The number of aryl methyl sites for hydroxylation is 1. The second kappa shape index (κ2) is 9.13. The summed E-state index contributed by atoms with van der Waals surface area (Å²) in [7, 11) is 0. The zero-order valence-corrected chi connectivity index (χ0v) is 15.4. The summed E-state index contributed by atoms with van der Waals surface area (Å²) in [5.74, 6) is -0.576. The van der Waals surface area contributed by atoms with E-state index in [0.717, 1.165) is 11.1 Å². The number of hydrogen-bond acceptors (Lipinski definition) is 2. The van der Waals surface area contributed by atoms with Crippen molar-refractivity contribution in [1.29, 1.82) is 0 Å². The molecule has 26 heavy (non-hydrogen) atoms. The molecule has 0 heterocycles. The lowest BCUT2D eigenvalue weighted by Gasteiger charge is -2.21. The van der Waals surface area contributed by atoms with E-state index in [0.29, 0.717) is 12.0 Å². The van der Waals surface area contributed by atoms with Gasteiger partial charge in [-0.05, 0) is 48.6 Å². The van der Waals surface area contributed by atoms with Crippen LogP contribution in [-0.2, 0) is 11.3 Å². The molecular weight excluding hydrogens is 331 g/mol. The molecule has 138 valence electrons. The van der Waals surface area contributed by atoms with Crippen LogP contribution in [0.3, 0.4) is 0 Å². The predicted molar refractivity (Wildman–Crippen MR) is 100 cm³/mol. The molecule has 2 aromatic rings. The zero-order valence-electron chi connectivity index (χ0n) is 15.4. The van der Waals surface area contributed by atoms with Gasteiger partial charge in [-0.25, -0.2) is 4.39 Å². The lowest BCUT2D eigenvalue weighted by molar-refractivity contribution is -0.123. The van der Waals surface area contributed by atoms with Gasteiger partial charge in [0, 0.05) is 12.1 Å². The second-order valence-electron chi connectivity index (χ2n) is 6.81. The number of benzene rings is 2. The molecule has 0 aliphatic heterocycles. The van der Waals surface area contributed by atoms with E-state index in [1.54, 1.807) is 24.3 Å². The molecule has 5 heteroatoms. The highest BCUT2D eigenvalue weighted by atomic mass is 19.1. The Hall–Kier alpha value is -2.69. The Labute approximate surface area is 153 Å². The summed E-state index contributed by atoms with van der Waals surface area (Å²) < 4.78 is 13.0. The Balaban J connectivity index is 2.03. The second-order valence-corrected chi connectivity index (χ2v) is 6.81. The van der Waals surface area contributed by atoms with Crippen molar-refractivity contribution in [2.45, 2.75) is 39.8 Å². The van der Waals surface area contributed by atoms with Crippen molar-refractivity contribution in [3.63, 3.8) is 0 Å². The van der Waals surface area contributed by atoms with Crippen LogP contribution < -0.4 is 10.6 Å². The molecule has 0 aliphatic carbocycles. The fourth-order valence-electron chi connectivity index (χ4n) is 2.68. The van der Waals surface area contributed by atoms with Gasteiger partial charge < -0.3 is 10.6 Å². The van der Waals surface area contributed by atoms with Crippen molar-refractivity contribution in [2.24, 2.45) is 5.92 Å². The average molecular weight is 356 g/mol. The van der Waals surface area contributed by atoms with E-state index in [-0.39, 0.29) is 30.1 Å². The lowest BCUT2D eigenvalue weighted by atomic mass is 10.0. The first-order valence-electron chi connectivity index (χ1n) is 8.75. The fraction of sp³-hybridized carbons (Fsp3) is 0.333. The quantitative estimate of drug-likeness (QED) is 0.796. The van der Waals surface area contributed by atoms with Gasteiger partial charge in [0.1, 0.15) is 11.9 Å². The number of halogens is 1. The molecule has 1 unspecified atom stereocenters. The van der Waals surface area contributed by atoms with Gasteiger partial charge in [0.2, 0.25) is 5.91 Å². The largest absolute Gasteiger partial charge is 0.350 e. The normalized spacial score (nSPS) is 11.9. The van der Waals surface area contributed by atoms with Gasteiger partial charge in [0.25, 0.3) is 5.91 Å². The maximum absolute atomic E-state index is 13.0. The highest BCUT2D eigenvalue weighted by Crippen LogP contribution is 2.10. The SMILES string of the molecule is Cc1ccccc1C(=O)NC(CC(C)C)C(=O)NCc1ccc(F)cc1. The summed E-state index contributed by atoms with van der Waals surface area (Å²) in [6, 6.07) is 12.6. The van der Waals surface area contributed by atoms with Gasteiger partial charge >= 0.3 is 0 Å². The van der Waals surface area contributed by atoms with Gasteiger partial charge in [0.15, 0.2) is 0 Å². The first kappa shape index (κ1) is 19.6. The number of amides is 2. The van der Waals surface area contributed by atoms with Crippen LogP contribution in [0.1, 0.15) is 41.8 Å². The lowest BCUT2D eigenvalue weighted by Crippen LogP contribution is -2.47. The van der Waals surface area contributed by atoms with Crippen LogP contribution in [0, 0.1) is 18.7 Å². The number of rotatable bonds is 7. The van der Waals surface area contributed by atoms with Crippen LogP contribution >= 0.6 is 0 Å². The Kier molecular flexibility index (Phi) is 6.89. The average Bonchev–Trinajstić information content (AvgIpc) is 2.60. The van der Waals surface area contributed by atoms with E-state index < -0.39 is 6.04 Å². The highest BCUT2D eigenvalue weighted by molar-refractivity contribution is 5.98. The fourth-order valence-corrected chi connectivity index (χ4v) is 2.68. The molecule has 4 nitrogen and oxygen atoms in total. The molecule has 2 amide bonds. The summed E-state index contributed by atoms with van der Waals surface area (Å²) in [5, 5.41) is 5.66. The number of hydrogen-bond donors (Lipinski definition) is 2. The van der Waals surface area contributed by atoms with Crippen LogP contribution in [0.15, 0.2) is 48.5 Å². The third kappa shape index (κ3) is 5.69. The molecule has 2 rings (SSSR count). The van der Waals surface area contributed by atoms with Crippen molar-refractivity contribution >= 4 is 11.8 Å². The van der Waals surface area contributed by atoms with Gasteiger partial charge in [-0.15, -0.1) is 0 Å². The monoisotopic (exact) mass is 356 g/mol.